The van der Waals surface area contributed by atoms with Gasteiger partial charge in [0.05, 0.1) is 22.0 Å². The van der Waals surface area contributed by atoms with Crippen LogP contribution in [0.2, 0.25) is 5.02 Å². The molecule has 1 amide bonds. The number of alkyl halides is 3. The van der Waals surface area contributed by atoms with E-state index in [1.165, 1.54) is 0 Å². The largest absolute Gasteiger partial charge is 0.485 e. The van der Waals surface area contributed by atoms with Crippen LogP contribution in [0.1, 0.15) is 22.5 Å². The molecule has 6 nitrogen and oxygen atoms in total. The molecule has 0 aliphatic heterocycles. The van der Waals surface area contributed by atoms with Crippen molar-refractivity contribution >= 4 is 35.0 Å². The fourth-order valence-electron chi connectivity index (χ4n) is 2.98. The number of nitrogens with one attached hydrogen (secondary N) is 1. The Morgan fingerprint density at radius 1 is 1.26 bits per heavy atom. The van der Waals surface area contributed by atoms with Crippen molar-refractivity contribution in [3.8, 4) is 5.75 Å². The third kappa shape index (κ3) is 6.32. The molecule has 0 unspecified atom stereocenters. The van der Waals surface area contributed by atoms with E-state index in [9.17, 15) is 18.0 Å². The molecule has 1 N–H and O–H groups in total. The fraction of sp³-hybridized carbons (Fsp3) is 0.261. The van der Waals surface area contributed by atoms with Crippen molar-refractivity contribution in [2.75, 3.05) is 11.1 Å². The van der Waals surface area contributed by atoms with E-state index in [-0.39, 0.29) is 23.1 Å². The number of hydrogen-bond donors (Lipinski definition) is 1. The molecule has 3 rings (SSSR count). The van der Waals surface area contributed by atoms with Crippen LogP contribution in [0.5, 0.6) is 5.75 Å². The van der Waals surface area contributed by atoms with Crippen LogP contribution >= 0.6 is 23.4 Å². The third-order valence-corrected chi connectivity index (χ3v) is 6.21. The Morgan fingerprint density at radius 2 is 2.03 bits per heavy atom. The molecule has 1 aromatic heterocycles. The summed E-state index contributed by atoms with van der Waals surface area (Å²) in [5, 5.41) is 11.2. The number of benzene rings is 2. The number of nitrogens with zero attached hydrogens (tertiary/aromatic N) is 3. The summed E-state index contributed by atoms with van der Waals surface area (Å²) in [7, 11) is 0. The number of ether oxygens (including phenoxy) is 1. The van der Waals surface area contributed by atoms with E-state index in [1.807, 2.05) is 32.0 Å². The van der Waals surface area contributed by atoms with Gasteiger partial charge in [0.1, 0.15) is 12.4 Å². The summed E-state index contributed by atoms with van der Waals surface area (Å²) >= 11 is 7.03. The molecule has 0 radical (unpaired) electrons. The van der Waals surface area contributed by atoms with Crippen LogP contribution in [-0.4, -0.2) is 26.4 Å². The Labute approximate surface area is 204 Å². The topological polar surface area (TPSA) is 69.0 Å². The third-order valence-electron chi connectivity index (χ3n) is 4.92. The average Bonchev–Trinajstić information content (AvgIpc) is 3.16. The predicted molar refractivity (Wildman–Crippen MR) is 126 cm³/mol. The first-order valence-corrected chi connectivity index (χ1v) is 11.5. The van der Waals surface area contributed by atoms with Crippen molar-refractivity contribution in [2.45, 2.75) is 38.3 Å². The van der Waals surface area contributed by atoms with E-state index in [1.54, 1.807) is 10.6 Å². The molecule has 0 bridgehead atoms. The van der Waals surface area contributed by atoms with E-state index in [0.717, 1.165) is 46.8 Å². The molecule has 0 fully saturated rings. The highest BCUT2D eigenvalue weighted by Crippen LogP contribution is 2.34. The van der Waals surface area contributed by atoms with Crippen LogP contribution in [-0.2, 0) is 24.1 Å². The summed E-state index contributed by atoms with van der Waals surface area (Å²) in [5.41, 5.74) is 1.11. The maximum Gasteiger partial charge on any atom is 0.416 e. The lowest BCUT2D eigenvalue weighted by molar-refractivity contribution is -0.137. The molecule has 0 saturated heterocycles. The van der Waals surface area contributed by atoms with Gasteiger partial charge in [0.2, 0.25) is 5.91 Å². The highest BCUT2D eigenvalue weighted by Gasteiger charge is 2.31. The Balaban J connectivity index is 1.67. The highest BCUT2D eigenvalue weighted by atomic mass is 35.5. The first-order chi connectivity index (χ1) is 16.1. The fourth-order valence-corrected chi connectivity index (χ4v) is 3.91. The van der Waals surface area contributed by atoms with Gasteiger partial charge in [-0.25, -0.2) is 0 Å². The summed E-state index contributed by atoms with van der Waals surface area (Å²) in [6.45, 7) is 8.26. The van der Waals surface area contributed by atoms with Crippen LogP contribution in [0.25, 0.3) is 0 Å². The molecular weight excluding hydrogens is 489 g/mol. The quantitative estimate of drug-likeness (QED) is 0.280. The number of carbonyl (C=O) groups is 1. The average molecular weight is 511 g/mol. The van der Waals surface area contributed by atoms with E-state index in [2.05, 4.69) is 22.1 Å². The molecule has 11 heteroatoms. The van der Waals surface area contributed by atoms with Gasteiger partial charge in [0.15, 0.2) is 11.0 Å². The van der Waals surface area contributed by atoms with Crippen LogP contribution in [0.3, 0.4) is 0 Å². The molecule has 0 saturated carbocycles. The first kappa shape index (κ1) is 25.6. The maximum absolute atomic E-state index is 12.9. The molecule has 180 valence electrons. The lowest BCUT2D eigenvalue weighted by Crippen LogP contribution is -2.16. The first-order valence-electron chi connectivity index (χ1n) is 10.1. The van der Waals surface area contributed by atoms with Crippen molar-refractivity contribution in [3.05, 3.63) is 76.6 Å². The lowest BCUT2D eigenvalue weighted by atomic mass is 10.1. The molecule has 34 heavy (non-hydrogen) atoms. The minimum atomic E-state index is -4.55. The normalized spacial score (nSPS) is 11.4. The molecule has 3 aromatic rings. The highest BCUT2D eigenvalue weighted by molar-refractivity contribution is 7.99. The minimum absolute atomic E-state index is 0.00653. The molecule has 0 spiro atoms. The van der Waals surface area contributed by atoms with Crippen LogP contribution in [0.15, 0.2) is 54.2 Å². The number of amides is 1. The Kier molecular flexibility index (Phi) is 8.27. The zero-order valence-corrected chi connectivity index (χ0v) is 20.0. The second kappa shape index (κ2) is 11.0. The second-order valence-corrected chi connectivity index (χ2v) is 8.66. The van der Waals surface area contributed by atoms with Gasteiger partial charge in [0.25, 0.3) is 0 Å². The Bertz CT molecular complexity index is 1200. The Morgan fingerprint density at radius 3 is 2.74 bits per heavy atom. The number of hydrogen-bond acceptors (Lipinski definition) is 5. The number of halogens is 4. The molecule has 1 heterocycles. The van der Waals surface area contributed by atoms with E-state index in [0.29, 0.717) is 17.5 Å². The predicted octanol–water partition coefficient (Wildman–Crippen LogP) is 6.06. The monoisotopic (exact) mass is 510 g/mol. The van der Waals surface area contributed by atoms with E-state index >= 15 is 0 Å². The summed E-state index contributed by atoms with van der Waals surface area (Å²) in [5.74, 6) is 0.636. The van der Waals surface area contributed by atoms with Gasteiger partial charge in [-0.05, 0) is 49.2 Å². The molecule has 0 aliphatic carbocycles. The standard InChI is InChI=1S/C23H22ClF3N4O2S/c1-4-10-31-20(12-33-19-7-5-6-14(2)15(19)3)29-30-22(31)34-13-21(32)28-18-11-16(23(25,26)27)8-9-17(18)24/h4-9,11H,1,10,12-13H2,2-3H3,(H,28,32). The number of carbonyl (C=O) groups excluding carboxylic acids is 1. The van der Waals surface area contributed by atoms with Gasteiger partial charge in [-0.15, -0.1) is 16.8 Å². The van der Waals surface area contributed by atoms with Gasteiger partial charge >= 0.3 is 6.18 Å². The summed E-state index contributed by atoms with van der Waals surface area (Å²) in [6.07, 6.45) is -2.88. The minimum Gasteiger partial charge on any atom is -0.485 e. The van der Waals surface area contributed by atoms with Crippen LogP contribution in [0, 0.1) is 13.8 Å². The zero-order chi connectivity index (χ0) is 24.9. The summed E-state index contributed by atoms with van der Waals surface area (Å²) in [4.78, 5) is 12.4. The second-order valence-electron chi connectivity index (χ2n) is 7.31. The number of aryl methyl sites for hydroxylation is 1. The van der Waals surface area contributed by atoms with Crippen LogP contribution in [0.4, 0.5) is 18.9 Å². The SMILES string of the molecule is C=CCn1c(COc2cccc(C)c2C)nnc1SCC(=O)Nc1cc(C(F)(F)F)ccc1Cl. The number of anilines is 1. The van der Waals surface area contributed by atoms with Gasteiger partial charge in [-0.2, -0.15) is 13.2 Å². The molecular formula is C23H22ClF3N4O2S. The summed E-state index contributed by atoms with van der Waals surface area (Å²) in [6, 6.07) is 8.52. The van der Waals surface area contributed by atoms with E-state index < -0.39 is 17.6 Å². The van der Waals surface area contributed by atoms with Crippen molar-refractivity contribution in [1.29, 1.82) is 0 Å². The van der Waals surface area contributed by atoms with Crippen LogP contribution < -0.4 is 10.1 Å². The maximum atomic E-state index is 12.9. The van der Waals surface area contributed by atoms with Crippen molar-refractivity contribution in [2.24, 2.45) is 0 Å². The van der Waals surface area contributed by atoms with Crippen molar-refractivity contribution < 1.29 is 22.7 Å². The van der Waals surface area contributed by atoms with Gasteiger partial charge in [-0.3, -0.25) is 9.36 Å². The number of aromatic nitrogens is 3. The number of allylic oxidation sites excluding steroid dienone is 1. The van der Waals surface area contributed by atoms with Crippen molar-refractivity contribution in [3.63, 3.8) is 0 Å². The number of thioether (sulfide) groups is 1. The van der Waals surface area contributed by atoms with Gasteiger partial charge < -0.3 is 10.1 Å². The number of rotatable bonds is 9. The van der Waals surface area contributed by atoms with Crippen molar-refractivity contribution in [1.82, 2.24) is 14.8 Å². The summed E-state index contributed by atoms with van der Waals surface area (Å²) < 4.78 is 46.5. The van der Waals surface area contributed by atoms with Gasteiger partial charge in [0, 0.05) is 6.54 Å². The lowest BCUT2D eigenvalue weighted by Gasteiger charge is -2.12. The molecule has 0 atom stereocenters. The molecule has 0 aliphatic rings. The molecule has 2 aromatic carbocycles. The Hall–Kier alpha value is -2.98. The smallest absolute Gasteiger partial charge is 0.416 e. The van der Waals surface area contributed by atoms with Gasteiger partial charge in [-0.1, -0.05) is 41.6 Å². The zero-order valence-electron chi connectivity index (χ0n) is 18.4. The van der Waals surface area contributed by atoms with E-state index in [4.69, 9.17) is 16.3 Å².